The standard InChI is InChI=1S/C23H29N3O5.C22H27N3O5/c1-5-23-11-18(27)24(4)19(16(23)3)21(31-23)25-12-15(2)20(28)26(22(25)29)14-30-13-17-9-7-6-8-10-17;1-4-22-10-17(26)23-18(15(22)3)20(30-22)24-11-14(2)19(27)25(21(24)28)13-29-12-16-8-6-5-7-9-16/h6-10,12,16,19,21H,5,11,13-14H2,1-4H3;5-9,11,15,18,20H,4,10,12-13H2,1-3H3,(H,23,26)/t16?,19-,21+,23-;15?,18-,20+,22-/m00/s1. The quantitative estimate of drug-likeness (QED) is 0.222. The van der Waals surface area contributed by atoms with Gasteiger partial charge in [0.1, 0.15) is 13.5 Å². The van der Waals surface area contributed by atoms with E-state index in [1.165, 1.54) is 21.5 Å². The van der Waals surface area contributed by atoms with Crippen LogP contribution in [0, 0.1) is 25.7 Å². The number of benzene rings is 2. The minimum absolute atomic E-state index is 0.0109. The molecule has 61 heavy (non-hydrogen) atoms. The number of piperidine rings is 2. The normalized spacial score (nSPS) is 27.8. The van der Waals surface area contributed by atoms with Crippen LogP contribution in [0.25, 0.3) is 0 Å². The molecule has 6 heterocycles. The lowest BCUT2D eigenvalue weighted by Crippen LogP contribution is -2.54. The summed E-state index contributed by atoms with van der Waals surface area (Å²) in [6.07, 6.45) is 3.64. The number of nitrogens with one attached hydrogen (secondary N) is 1. The number of aryl methyl sites for hydroxylation is 2. The summed E-state index contributed by atoms with van der Waals surface area (Å²) in [5.74, 6) is 0.0442. The van der Waals surface area contributed by atoms with Crippen LogP contribution >= 0.6 is 0 Å². The zero-order valence-corrected chi connectivity index (χ0v) is 35.9. The van der Waals surface area contributed by atoms with Crippen LogP contribution in [0.15, 0.2) is 92.2 Å². The molecule has 1 N–H and O–H groups in total. The molecule has 2 aromatic carbocycles. The van der Waals surface area contributed by atoms with Gasteiger partial charge in [-0.15, -0.1) is 0 Å². The van der Waals surface area contributed by atoms with Gasteiger partial charge < -0.3 is 29.2 Å². The van der Waals surface area contributed by atoms with Crippen LogP contribution in [0.4, 0.5) is 0 Å². The summed E-state index contributed by atoms with van der Waals surface area (Å²) in [5.41, 5.74) is -0.266. The smallest absolute Gasteiger partial charge is 0.335 e. The van der Waals surface area contributed by atoms with E-state index in [1.807, 2.05) is 81.4 Å². The average molecular weight is 841 g/mol. The van der Waals surface area contributed by atoms with Gasteiger partial charge in [0.2, 0.25) is 11.8 Å². The van der Waals surface area contributed by atoms with Crippen molar-refractivity contribution in [3.8, 4) is 0 Å². The number of amides is 2. The first-order valence-electron chi connectivity index (χ1n) is 20.9. The van der Waals surface area contributed by atoms with Crippen LogP contribution in [0.3, 0.4) is 0 Å². The van der Waals surface area contributed by atoms with Crippen molar-refractivity contribution >= 4 is 11.8 Å². The lowest BCUT2D eigenvalue weighted by atomic mass is 9.77. The summed E-state index contributed by atoms with van der Waals surface area (Å²) >= 11 is 0. The van der Waals surface area contributed by atoms with E-state index in [0.29, 0.717) is 30.4 Å². The molecule has 4 fully saturated rings. The molecule has 8 rings (SSSR count). The molecule has 4 aliphatic heterocycles. The molecule has 326 valence electrons. The summed E-state index contributed by atoms with van der Waals surface area (Å²) in [7, 11) is 1.75. The van der Waals surface area contributed by atoms with Gasteiger partial charge in [-0.1, -0.05) is 88.4 Å². The van der Waals surface area contributed by atoms with E-state index >= 15 is 0 Å². The SMILES string of the molecule is CC[C@]12CC(=O)N(C)[C@@H](C1C)[C@H](n1cc(C)c(=O)n(COCc3ccccc3)c1=O)O2.CC[C@]12CC(=O)N[C@@H](C1C)[C@H](n1cc(C)c(=O)n(COCc3ccccc3)c1=O)O2. The zero-order chi connectivity index (χ0) is 43.8. The number of carbonyl (C=O) groups is 2. The number of hydrogen-bond donors (Lipinski definition) is 1. The van der Waals surface area contributed by atoms with E-state index in [2.05, 4.69) is 12.2 Å². The summed E-state index contributed by atoms with van der Waals surface area (Å²) in [5, 5.41) is 2.97. The van der Waals surface area contributed by atoms with Crippen molar-refractivity contribution in [1.29, 1.82) is 0 Å². The molecule has 4 aliphatic rings. The fourth-order valence-corrected chi connectivity index (χ4v) is 9.43. The maximum absolute atomic E-state index is 13.3. The van der Waals surface area contributed by atoms with Gasteiger partial charge in [0.15, 0.2) is 12.5 Å². The molecule has 0 aliphatic carbocycles. The third-order valence-corrected chi connectivity index (χ3v) is 13.2. The molecule has 16 nitrogen and oxygen atoms in total. The molecule has 2 unspecified atom stereocenters. The van der Waals surface area contributed by atoms with E-state index in [-0.39, 0.29) is 68.8 Å². The highest BCUT2D eigenvalue weighted by molar-refractivity contribution is 5.79. The summed E-state index contributed by atoms with van der Waals surface area (Å²) in [6.45, 7) is 11.7. The van der Waals surface area contributed by atoms with Gasteiger partial charge >= 0.3 is 11.4 Å². The first-order chi connectivity index (χ1) is 29.1. The number of carbonyl (C=O) groups excluding carboxylic acids is 2. The van der Waals surface area contributed by atoms with E-state index in [0.717, 1.165) is 20.3 Å². The van der Waals surface area contributed by atoms with Crippen LogP contribution in [0.1, 0.15) is 88.1 Å². The highest BCUT2D eigenvalue weighted by Gasteiger charge is 2.60. The van der Waals surface area contributed by atoms with Crippen molar-refractivity contribution in [2.24, 2.45) is 11.8 Å². The van der Waals surface area contributed by atoms with Gasteiger partial charge in [0.05, 0.1) is 49.3 Å². The van der Waals surface area contributed by atoms with Crippen molar-refractivity contribution in [2.75, 3.05) is 7.05 Å². The van der Waals surface area contributed by atoms with Gasteiger partial charge in [-0.05, 0) is 37.8 Å². The van der Waals surface area contributed by atoms with Crippen molar-refractivity contribution in [3.63, 3.8) is 0 Å². The van der Waals surface area contributed by atoms with Gasteiger partial charge in [-0.2, -0.15) is 0 Å². The molecule has 4 saturated heterocycles. The van der Waals surface area contributed by atoms with Crippen LogP contribution in [-0.2, 0) is 55.2 Å². The molecular formula is C45H56N6O10. The third-order valence-electron chi connectivity index (χ3n) is 13.2. The van der Waals surface area contributed by atoms with Crippen molar-refractivity contribution in [2.45, 2.75) is 130 Å². The molecule has 16 heteroatoms. The predicted molar refractivity (Wildman–Crippen MR) is 224 cm³/mol. The number of ether oxygens (including phenoxy) is 4. The van der Waals surface area contributed by atoms with E-state index < -0.39 is 46.2 Å². The van der Waals surface area contributed by atoms with Crippen LogP contribution in [-0.4, -0.2) is 65.3 Å². The molecule has 8 atom stereocenters. The third kappa shape index (κ3) is 8.09. The van der Waals surface area contributed by atoms with Crippen LogP contribution in [0.2, 0.25) is 0 Å². The minimum Gasteiger partial charge on any atom is -0.356 e. The van der Waals surface area contributed by atoms with Gasteiger partial charge in [0, 0.05) is 42.4 Å². The Morgan fingerprint density at radius 1 is 0.672 bits per heavy atom. The fraction of sp³-hybridized carbons (Fsp3) is 0.511. The summed E-state index contributed by atoms with van der Waals surface area (Å²) in [6, 6.07) is 18.5. The molecule has 2 amide bonds. The van der Waals surface area contributed by atoms with Crippen LogP contribution in [0.5, 0.6) is 0 Å². The Labute approximate surface area is 353 Å². The Bertz CT molecular complexity index is 2500. The topological polar surface area (TPSA) is 174 Å². The highest BCUT2D eigenvalue weighted by atomic mass is 16.5. The molecule has 0 radical (unpaired) electrons. The maximum atomic E-state index is 13.3. The maximum Gasteiger partial charge on any atom is 0.335 e. The summed E-state index contributed by atoms with van der Waals surface area (Å²) in [4.78, 5) is 78.3. The van der Waals surface area contributed by atoms with E-state index in [1.54, 1.807) is 25.8 Å². The molecule has 2 aromatic heterocycles. The van der Waals surface area contributed by atoms with Crippen molar-refractivity contribution < 1.29 is 28.5 Å². The molecule has 4 bridgehead atoms. The second-order valence-electron chi connectivity index (χ2n) is 16.8. The first kappa shape index (κ1) is 43.7. The number of rotatable bonds is 12. The van der Waals surface area contributed by atoms with Crippen molar-refractivity contribution in [3.05, 3.63) is 137 Å². The number of nitrogens with zero attached hydrogens (tertiary/aromatic N) is 5. The Kier molecular flexibility index (Phi) is 12.5. The van der Waals surface area contributed by atoms with Gasteiger partial charge in [-0.3, -0.25) is 28.3 Å². The molecule has 0 saturated carbocycles. The Balaban J connectivity index is 0.000000184. The number of hydrogen-bond acceptors (Lipinski definition) is 10. The largest absolute Gasteiger partial charge is 0.356 e. The number of likely N-dealkylation sites (tertiary alicyclic amines) is 1. The fourth-order valence-electron chi connectivity index (χ4n) is 9.43. The lowest BCUT2D eigenvalue weighted by Gasteiger charge is -2.40. The predicted octanol–water partition coefficient (Wildman–Crippen LogP) is 3.73. The Morgan fingerprint density at radius 3 is 1.62 bits per heavy atom. The monoisotopic (exact) mass is 840 g/mol. The van der Waals surface area contributed by atoms with Gasteiger partial charge in [0.25, 0.3) is 11.1 Å². The first-order valence-corrected chi connectivity index (χ1v) is 20.9. The summed E-state index contributed by atoms with van der Waals surface area (Å²) < 4.78 is 29.1. The Hall–Kier alpha value is -5.42. The molecule has 0 spiro atoms. The highest BCUT2D eigenvalue weighted by Crippen LogP contribution is 2.51. The molecular weight excluding hydrogens is 785 g/mol. The number of likely N-dealkylation sites (N-methyl/N-ethyl adjacent to an activating group) is 1. The van der Waals surface area contributed by atoms with Gasteiger partial charge in [-0.25, -0.2) is 18.7 Å². The number of aromatic nitrogens is 4. The lowest BCUT2D eigenvalue weighted by molar-refractivity contribution is -0.142. The second kappa shape index (κ2) is 17.5. The average Bonchev–Trinajstić information content (AvgIpc) is 3.56. The van der Waals surface area contributed by atoms with E-state index in [9.17, 15) is 28.8 Å². The second-order valence-corrected chi connectivity index (χ2v) is 16.8. The van der Waals surface area contributed by atoms with Crippen LogP contribution < -0.4 is 27.8 Å². The van der Waals surface area contributed by atoms with E-state index in [4.69, 9.17) is 18.9 Å². The molecule has 4 aromatic rings. The minimum atomic E-state index is -0.668. The zero-order valence-electron chi connectivity index (χ0n) is 35.9. The number of fused-ring (bicyclic) bond motifs is 4. The van der Waals surface area contributed by atoms with Crippen molar-refractivity contribution in [1.82, 2.24) is 28.5 Å². The Morgan fingerprint density at radius 2 is 1.13 bits per heavy atom.